The van der Waals surface area contributed by atoms with Crippen LogP contribution in [0.3, 0.4) is 0 Å². The van der Waals surface area contributed by atoms with Crippen molar-refractivity contribution in [3.63, 3.8) is 0 Å². The van der Waals surface area contributed by atoms with Crippen molar-refractivity contribution in [2.75, 3.05) is 30.8 Å². The maximum atomic E-state index is 12.8. The van der Waals surface area contributed by atoms with Crippen molar-refractivity contribution in [2.24, 2.45) is 11.8 Å². The number of hydrogen-bond acceptors (Lipinski definition) is 5. The predicted octanol–water partition coefficient (Wildman–Crippen LogP) is 2.43. The Morgan fingerprint density at radius 2 is 2.13 bits per heavy atom. The molecule has 4 fully saturated rings. The summed E-state index contributed by atoms with van der Waals surface area (Å²) in [5, 5.41) is 0.803. The van der Waals surface area contributed by atoms with Gasteiger partial charge in [-0.1, -0.05) is 18.2 Å². The number of amides is 1. The zero-order chi connectivity index (χ0) is 15.8. The minimum atomic E-state index is 0.140. The average Bonchev–Trinajstić information content (AvgIpc) is 2.83. The van der Waals surface area contributed by atoms with Crippen LogP contribution in [0, 0.1) is 11.8 Å². The minimum absolute atomic E-state index is 0.140. The Bertz CT molecular complexity index is 592. The summed E-state index contributed by atoms with van der Waals surface area (Å²) >= 11 is 1.56. The normalized spacial score (nSPS) is 28.0. The van der Waals surface area contributed by atoms with E-state index in [1.54, 1.807) is 11.8 Å². The highest BCUT2D eigenvalue weighted by molar-refractivity contribution is 7.98. The van der Waals surface area contributed by atoms with Gasteiger partial charge in [0.25, 0.3) is 0 Å². The van der Waals surface area contributed by atoms with Crippen LogP contribution in [0.25, 0.3) is 0 Å². The molecule has 4 heterocycles. The first-order chi connectivity index (χ1) is 11.2. The Labute approximate surface area is 141 Å². The highest BCUT2D eigenvalue weighted by Gasteiger charge is 2.42. The summed E-state index contributed by atoms with van der Waals surface area (Å²) in [4.78, 5) is 26.3. The highest BCUT2D eigenvalue weighted by atomic mass is 32.2. The number of hydrogen-bond donors (Lipinski definition) is 0. The van der Waals surface area contributed by atoms with Gasteiger partial charge in [0.2, 0.25) is 5.91 Å². The molecule has 0 aromatic carbocycles. The molecule has 0 unspecified atom stereocenters. The Kier molecular flexibility index (Phi) is 4.18. The largest absolute Gasteiger partial charge is 0.354 e. The lowest BCUT2D eigenvalue weighted by molar-refractivity contribution is -0.141. The molecule has 1 saturated carbocycles. The third-order valence-electron chi connectivity index (χ3n) is 5.60. The number of carbonyl (C=O) groups excluding carboxylic acids is 1. The Balaban J connectivity index is 1.55. The quantitative estimate of drug-likeness (QED) is 0.626. The van der Waals surface area contributed by atoms with Crippen molar-refractivity contribution in [1.82, 2.24) is 14.9 Å². The van der Waals surface area contributed by atoms with Gasteiger partial charge in [-0.25, -0.2) is 9.97 Å². The van der Waals surface area contributed by atoms with Crippen LogP contribution in [-0.2, 0) is 4.79 Å². The lowest BCUT2D eigenvalue weighted by atomic mass is 9.83. The number of aromatic nitrogens is 2. The van der Waals surface area contributed by atoms with Gasteiger partial charge < -0.3 is 9.80 Å². The lowest BCUT2D eigenvalue weighted by Gasteiger charge is -2.40. The van der Waals surface area contributed by atoms with E-state index in [2.05, 4.69) is 19.8 Å². The van der Waals surface area contributed by atoms with Gasteiger partial charge in [-0.15, -0.1) is 0 Å². The van der Waals surface area contributed by atoms with E-state index in [1.165, 1.54) is 19.3 Å². The summed E-state index contributed by atoms with van der Waals surface area (Å²) in [6.45, 7) is 2.70. The number of thioether (sulfide) groups is 1. The second kappa shape index (κ2) is 6.30. The molecule has 0 radical (unpaired) electrons. The van der Waals surface area contributed by atoms with Crippen LogP contribution in [0.5, 0.6) is 0 Å². The van der Waals surface area contributed by atoms with Gasteiger partial charge in [-0.3, -0.25) is 4.79 Å². The maximum absolute atomic E-state index is 12.8. The smallest absolute Gasteiger partial charge is 0.227 e. The van der Waals surface area contributed by atoms with Gasteiger partial charge in [-0.05, 0) is 43.9 Å². The number of anilines is 1. The highest BCUT2D eigenvalue weighted by Crippen LogP contribution is 2.35. The van der Waals surface area contributed by atoms with Gasteiger partial charge in [0.15, 0.2) is 5.16 Å². The van der Waals surface area contributed by atoms with Crippen LogP contribution >= 0.6 is 11.8 Å². The third kappa shape index (κ3) is 2.93. The Hall–Kier alpha value is -1.30. The first-order valence-electron chi connectivity index (χ1n) is 8.67. The summed E-state index contributed by atoms with van der Waals surface area (Å²) in [5.41, 5.74) is 0. The van der Waals surface area contributed by atoms with E-state index in [-0.39, 0.29) is 5.92 Å². The van der Waals surface area contributed by atoms with E-state index in [0.29, 0.717) is 11.9 Å². The van der Waals surface area contributed by atoms with Gasteiger partial charge in [-0.2, -0.15) is 0 Å². The number of carbonyl (C=O) groups is 1. The topological polar surface area (TPSA) is 49.3 Å². The molecular formula is C17H24N4OS. The Morgan fingerprint density at radius 3 is 2.87 bits per heavy atom. The minimum Gasteiger partial charge on any atom is -0.354 e. The van der Waals surface area contributed by atoms with E-state index in [0.717, 1.165) is 49.4 Å². The molecule has 1 aliphatic carbocycles. The molecule has 6 heteroatoms. The van der Waals surface area contributed by atoms with Crippen molar-refractivity contribution in [3.05, 3.63) is 12.3 Å². The predicted molar refractivity (Wildman–Crippen MR) is 91.6 cm³/mol. The molecule has 1 aromatic rings. The monoisotopic (exact) mass is 332 g/mol. The summed E-state index contributed by atoms with van der Waals surface area (Å²) in [6, 6.07) is 2.33. The standard InChI is InChI=1S/C17H24N4OS/c1-23-17-18-8-7-15(19-17)20-10-13-5-6-14(11-20)21(16(13)22)9-12-3-2-4-12/h7-8,12-14H,2-6,9-11H2,1H3/t13-,14+/m0/s1. The summed E-state index contributed by atoms with van der Waals surface area (Å²) in [5.74, 6) is 2.24. The fourth-order valence-corrected chi connectivity index (χ4v) is 4.38. The number of fused-ring (bicyclic) bond motifs is 4. The first-order valence-corrected chi connectivity index (χ1v) is 9.89. The molecule has 5 nitrogen and oxygen atoms in total. The van der Waals surface area contributed by atoms with Crippen LogP contribution in [0.1, 0.15) is 32.1 Å². The molecule has 0 N–H and O–H groups in total. The number of nitrogens with zero attached hydrogens (tertiary/aromatic N) is 4. The second-order valence-electron chi connectivity index (χ2n) is 7.02. The van der Waals surface area contributed by atoms with Crippen molar-refractivity contribution >= 4 is 23.5 Å². The van der Waals surface area contributed by atoms with Crippen LogP contribution in [0.4, 0.5) is 5.82 Å². The Morgan fingerprint density at radius 1 is 1.26 bits per heavy atom. The summed E-state index contributed by atoms with van der Waals surface area (Å²) < 4.78 is 0. The number of rotatable bonds is 4. The first kappa shape index (κ1) is 15.2. The summed E-state index contributed by atoms with van der Waals surface area (Å²) in [6.07, 6.45) is 9.93. The van der Waals surface area contributed by atoms with Gasteiger partial charge in [0.05, 0.1) is 5.92 Å². The van der Waals surface area contributed by atoms with Crippen molar-refractivity contribution in [3.8, 4) is 0 Å². The van der Waals surface area contributed by atoms with E-state index < -0.39 is 0 Å². The van der Waals surface area contributed by atoms with Crippen molar-refractivity contribution < 1.29 is 4.79 Å². The zero-order valence-corrected chi connectivity index (χ0v) is 14.5. The molecular weight excluding hydrogens is 308 g/mol. The van der Waals surface area contributed by atoms with E-state index in [4.69, 9.17) is 0 Å². The van der Waals surface area contributed by atoms with Crippen LogP contribution in [-0.4, -0.2) is 52.7 Å². The molecule has 23 heavy (non-hydrogen) atoms. The van der Waals surface area contributed by atoms with Crippen LogP contribution < -0.4 is 4.90 Å². The molecule has 124 valence electrons. The molecule has 2 bridgehead atoms. The van der Waals surface area contributed by atoms with E-state index in [1.807, 2.05) is 18.5 Å². The fourth-order valence-electron chi connectivity index (χ4n) is 4.03. The van der Waals surface area contributed by atoms with Crippen molar-refractivity contribution in [2.45, 2.75) is 43.3 Å². The molecule has 3 aliphatic heterocycles. The van der Waals surface area contributed by atoms with Crippen LogP contribution in [0.2, 0.25) is 0 Å². The molecule has 1 amide bonds. The zero-order valence-electron chi connectivity index (χ0n) is 13.6. The van der Waals surface area contributed by atoms with Gasteiger partial charge in [0, 0.05) is 31.9 Å². The molecule has 3 saturated heterocycles. The maximum Gasteiger partial charge on any atom is 0.227 e. The molecule has 4 aliphatic rings. The third-order valence-corrected chi connectivity index (χ3v) is 6.16. The van der Waals surface area contributed by atoms with E-state index >= 15 is 0 Å². The molecule has 5 rings (SSSR count). The van der Waals surface area contributed by atoms with Gasteiger partial charge >= 0.3 is 0 Å². The van der Waals surface area contributed by atoms with Gasteiger partial charge in [0.1, 0.15) is 5.82 Å². The second-order valence-corrected chi connectivity index (χ2v) is 7.80. The fraction of sp³-hybridized carbons (Fsp3) is 0.706. The molecule has 1 aromatic heterocycles. The lowest BCUT2D eigenvalue weighted by Crippen LogP contribution is -2.50. The SMILES string of the molecule is CSc1nccc(N2C[C@@H]3CC[C@H](C2)N(CC2CCC2)C3=O)n1. The molecule has 2 atom stereocenters. The summed E-state index contributed by atoms with van der Waals surface area (Å²) in [7, 11) is 0. The molecule has 0 spiro atoms. The number of piperidine rings is 1. The average molecular weight is 332 g/mol. The van der Waals surface area contributed by atoms with E-state index in [9.17, 15) is 4.79 Å². The van der Waals surface area contributed by atoms with Crippen molar-refractivity contribution in [1.29, 1.82) is 0 Å². The van der Waals surface area contributed by atoms with Crippen LogP contribution in [0.15, 0.2) is 17.4 Å².